The van der Waals surface area contributed by atoms with Gasteiger partial charge in [-0.3, -0.25) is 0 Å². The Labute approximate surface area is 158 Å². The summed E-state index contributed by atoms with van der Waals surface area (Å²) in [5.74, 6) is 3.02. The van der Waals surface area contributed by atoms with Gasteiger partial charge in [0.15, 0.2) is 17.3 Å². The summed E-state index contributed by atoms with van der Waals surface area (Å²) in [4.78, 5) is 0. The molecule has 0 radical (unpaired) electrons. The van der Waals surface area contributed by atoms with Crippen LogP contribution in [0.3, 0.4) is 0 Å². The minimum Gasteiger partial charge on any atom is -0.490 e. The van der Waals surface area contributed by atoms with Gasteiger partial charge in [-0.15, -0.1) is 10.2 Å². The van der Waals surface area contributed by atoms with E-state index in [4.69, 9.17) is 18.3 Å². The molecule has 0 saturated carbocycles. The zero-order valence-corrected chi connectivity index (χ0v) is 16.2. The number of benzene rings is 1. The second-order valence-corrected chi connectivity index (χ2v) is 6.68. The van der Waals surface area contributed by atoms with Gasteiger partial charge in [0.25, 0.3) is 11.1 Å². The van der Waals surface area contributed by atoms with Crippen LogP contribution >= 0.6 is 27.7 Å². The maximum Gasteiger partial charge on any atom is 0.284 e. The molecule has 6 nitrogen and oxygen atoms in total. The van der Waals surface area contributed by atoms with E-state index in [2.05, 4.69) is 26.1 Å². The number of furan rings is 1. The van der Waals surface area contributed by atoms with Crippen LogP contribution in [0.2, 0.25) is 0 Å². The van der Waals surface area contributed by atoms with Crippen LogP contribution in [0, 0.1) is 0 Å². The minimum atomic E-state index is 0.369. The number of ether oxygens (including phenoxy) is 2. The van der Waals surface area contributed by atoms with Crippen LogP contribution in [0.5, 0.6) is 11.5 Å². The Morgan fingerprint density at radius 2 is 1.88 bits per heavy atom. The molecule has 0 saturated heterocycles. The van der Waals surface area contributed by atoms with Crippen LogP contribution in [0.25, 0.3) is 11.7 Å². The molecule has 0 aliphatic carbocycles. The number of hydrogen-bond acceptors (Lipinski definition) is 7. The van der Waals surface area contributed by atoms with Gasteiger partial charge < -0.3 is 18.3 Å². The molecule has 25 heavy (non-hydrogen) atoms. The van der Waals surface area contributed by atoms with Crippen molar-refractivity contribution in [2.45, 2.75) is 24.8 Å². The second kappa shape index (κ2) is 8.44. The molecule has 0 fully saturated rings. The normalized spacial score (nSPS) is 10.8. The van der Waals surface area contributed by atoms with Gasteiger partial charge in [-0.1, -0.05) is 27.7 Å². The van der Waals surface area contributed by atoms with Crippen LogP contribution in [-0.4, -0.2) is 23.4 Å². The molecule has 1 aromatic carbocycles. The Morgan fingerprint density at radius 3 is 2.56 bits per heavy atom. The Hall–Kier alpha value is -1.93. The zero-order valence-electron chi connectivity index (χ0n) is 13.8. The maximum absolute atomic E-state index is 5.67. The molecular formula is C17H17BrN2O4S. The summed E-state index contributed by atoms with van der Waals surface area (Å²) < 4.78 is 23.1. The fourth-order valence-electron chi connectivity index (χ4n) is 2.13. The summed E-state index contributed by atoms with van der Waals surface area (Å²) in [6.45, 7) is 5.04. The molecule has 132 valence electrons. The standard InChI is InChI=1S/C17H17BrN2O4S/c1-3-21-14-8-11(12(18)9-15(14)22-4-2)10-25-17-20-19-16(24-17)13-6-5-7-23-13/h5-9H,3-4,10H2,1-2H3. The van der Waals surface area contributed by atoms with Crippen molar-refractivity contribution in [1.29, 1.82) is 0 Å². The van der Waals surface area contributed by atoms with Crippen LogP contribution in [0.4, 0.5) is 0 Å². The number of thioether (sulfide) groups is 1. The Kier molecular flexibility index (Phi) is 6.04. The Balaban J connectivity index is 1.73. The third-order valence-corrected chi connectivity index (χ3v) is 4.81. The van der Waals surface area contributed by atoms with Gasteiger partial charge in [0.2, 0.25) is 0 Å². The third kappa shape index (κ3) is 4.38. The zero-order chi connectivity index (χ0) is 17.6. The SMILES string of the molecule is CCOc1cc(Br)c(CSc2nnc(-c3ccco3)o2)cc1OCC. The van der Waals surface area contributed by atoms with Crippen LogP contribution in [0.1, 0.15) is 19.4 Å². The lowest BCUT2D eigenvalue weighted by molar-refractivity contribution is 0.287. The van der Waals surface area contributed by atoms with Gasteiger partial charge in [-0.2, -0.15) is 0 Å². The fourth-order valence-corrected chi connectivity index (χ4v) is 3.53. The summed E-state index contributed by atoms with van der Waals surface area (Å²) in [6.07, 6.45) is 1.57. The lowest BCUT2D eigenvalue weighted by Gasteiger charge is -2.13. The van der Waals surface area contributed by atoms with Crippen molar-refractivity contribution in [3.8, 4) is 23.1 Å². The molecule has 3 rings (SSSR count). The number of aromatic nitrogens is 2. The van der Waals surface area contributed by atoms with E-state index < -0.39 is 0 Å². The van der Waals surface area contributed by atoms with Crippen molar-refractivity contribution in [2.75, 3.05) is 13.2 Å². The van der Waals surface area contributed by atoms with Gasteiger partial charge in [-0.25, -0.2) is 0 Å². The number of rotatable bonds is 8. The van der Waals surface area contributed by atoms with Crippen molar-refractivity contribution in [3.63, 3.8) is 0 Å². The molecule has 0 unspecified atom stereocenters. The molecule has 2 aromatic heterocycles. The van der Waals surface area contributed by atoms with E-state index in [1.165, 1.54) is 11.8 Å². The number of nitrogens with zero attached hydrogens (tertiary/aromatic N) is 2. The monoisotopic (exact) mass is 424 g/mol. The Bertz CT molecular complexity index is 820. The highest BCUT2D eigenvalue weighted by Crippen LogP contribution is 2.36. The molecule has 8 heteroatoms. The van der Waals surface area contributed by atoms with Gasteiger partial charge in [-0.05, 0) is 43.7 Å². The van der Waals surface area contributed by atoms with E-state index >= 15 is 0 Å². The van der Waals surface area contributed by atoms with E-state index in [1.54, 1.807) is 18.4 Å². The van der Waals surface area contributed by atoms with E-state index in [-0.39, 0.29) is 0 Å². The summed E-state index contributed by atoms with van der Waals surface area (Å²) >= 11 is 5.03. The summed E-state index contributed by atoms with van der Waals surface area (Å²) in [5, 5.41) is 8.51. The average molecular weight is 425 g/mol. The van der Waals surface area contributed by atoms with Crippen LogP contribution in [0.15, 0.2) is 49.1 Å². The topological polar surface area (TPSA) is 70.5 Å². The van der Waals surface area contributed by atoms with Gasteiger partial charge in [0.1, 0.15) is 0 Å². The highest BCUT2D eigenvalue weighted by Gasteiger charge is 2.14. The highest BCUT2D eigenvalue weighted by molar-refractivity contribution is 9.10. The first kappa shape index (κ1) is 17.9. The van der Waals surface area contributed by atoms with Gasteiger partial charge >= 0.3 is 0 Å². The van der Waals surface area contributed by atoms with Crippen molar-refractivity contribution < 1.29 is 18.3 Å². The lowest BCUT2D eigenvalue weighted by Crippen LogP contribution is -1.99. The lowest BCUT2D eigenvalue weighted by atomic mass is 10.2. The predicted molar refractivity (Wildman–Crippen MR) is 98.0 cm³/mol. The van der Waals surface area contributed by atoms with Crippen molar-refractivity contribution in [3.05, 3.63) is 40.6 Å². The number of hydrogen-bond donors (Lipinski definition) is 0. The fraction of sp³-hybridized carbons (Fsp3) is 0.294. The first-order valence-electron chi connectivity index (χ1n) is 7.79. The highest BCUT2D eigenvalue weighted by atomic mass is 79.9. The second-order valence-electron chi connectivity index (χ2n) is 4.90. The molecule has 0 spiro atoms. The molecule has 0 aliphatic rings. The molecular weight excluding hydrogens is 408 g/mol. The molecule has 0 bridgehead atoms. The summed E-state index contributed by atoms with van der Waals surface area (Å²) in [6, 6.07) is 7.44. The third-order valence-electron chi connectivity index (χ3n) is 3.20. The predicted octanol–water partition coefficient (Wildman–Crippen LogP) is 5.18. The largest absolute Gasteiger partial charge is 0.490 e. The van der Waals surface area contributed by atoms with Crippen LogP contribution < -0.4 is 9.47 Å². The molecule has 0 amide bonds. The van der Waals surface area contributed by atoms with Crippen molar-refractivity contribution in [2.24, 2.45) is 0 Å². The van der Waals surface area contributed by atoms with E-state index in [0.29, 0.717) is 35.8 Å². The summed E-state index contributed by atoms with van der Waals surface area (Å²) in [5.41, 5.74) is 1.05. The first-order valence-corrected chi connectivity index (χ1v) is 9.57. The molecule has 2 heterocycles. The molecule has 0 N–H and O–H groups in total. The number of halogens is 1. The Morgan fingerprint density at radius 1 is 1.12 bits per heavy atom. The maximum atomic E-state index is 5.67. The van der Waals surface area contributed by atoms with E-state index in [1.807, 2.05) is 26.0 Å². The molecule has 0 atom stereocenters. The first-order chi connectivity index (χ1) is 12.2. The van der Waals surface area contributed by atoms with E-state index in [9.17, 15) is 0 Å². The average Bonchev–Trinajstić information content (AvgIpc) is 3.27. The minimum absolute atomic E-state index is 0.369. The summed E-state index contributed by atoms with van der Waals surface area (Å²) in [7, 11) is 0. The van der Waals surface area contributed by atoms with Crippen molar-refractivity contribution >= 4 is 27.7 Å². The molecule has 3 aromatic rings. The van der Waals surface area contributed by atoms with E-state index in [0.717, 1.165) is 21.5 Å². The smallest absolute Gasteiger partial charge is 0.284 e. The van der Waals surface area contributed by atoms with Gasteiger partial charge in [0, 0.05) is 10.2 Å². The molecule has 0 aliphatic heterocycles. The van der Waals surface area contributed by atoms with Gasteiger partial charge in [0.05, 0.1) is 19.5 Å². The van der Waals surface area contributed by atoms with Crippen LogP contribution in [-0.2, 0) is 5.75 Å². The quantitative estimate of drug-likeness (QED) is 0.461. The van der Waals surface area contributed by atoms with Crippen molar-refractivity contribution in [1.82, 2.24) is 10.2 Å².